The third kappa shape index (κ3) is 2.51. The number of amides is 2. The average molecular weight is 264 g/mol. The van der Waals surface area contributed by atoms with Gasteiger partial charge in [0.1, 0.15) is 11.9 Å². The molecule has 0 spiro atoms. The number of rotatable bonds is 3. The van der Waals surface area contributed by atoms with E-state index in [1.807, 2.05) is 0 Å². The van der Waals surface area contributed by atoms with Crippen molar-refractivity contribution < 1.29 is 19.5 Å². The van der Waals surface area contributed by atoms with Gasteiger partial charge in [-0.1, -0.05) is 6.92 Å². The van der Waals surface area contributed by atoms with Crippen LogP contribution in [0.5, 0.6) is 0 Å². The maximum Gasteiger partial charge on any atom is 0.356 e. The average Bonchev–Trinajstić information content (AvgIpc) is 2.38. The molecule has 0 bridgehead atoms. The molecule has 1 aliphatic rings. The number of aromatic nitrogens is 2. The summed E-state index contributed by atoms with van der Waals surface area (Å²) in [5.41, 5.74) is -0.231. The number of piperazine rings is 1. The van der Waals surface area contributed by atoms with Gasteiger partial charge in [0, 0.05) is 0 Å². The van der Waals surface area contributed by atoms with Gasteiger partial charge in [0.25, 0.3) is 0 Å². The number of anilines is 1. The lowest BCUT2D eigenvalue weighted by Gasteiger charge is -2.33. The molecule has 0 aromatic carbocycles. The Morgan fingerprint density at radius 1 is 1.53 bits per heavy atom. The van der Waals surface area contributed by atoms with Gasteiger partial charge in [-0.2, -0.15) is 0 Å². The molecule has 1 atom stereocenters. The summed E-state index contributed by atoms with van der Waals surface area (Å²) in [4.78, 5) is 43.1. The quantitative estimate of drug-likeness (QED) is 0.702. The van der Waals surface area contributed by atoms with Crippen molar-refractivity contribution in [3.8, 4) is 0 Å². The molecule has 100 valence electrons. The summed E-state index contributed by atoms with van der Waals surface area (Å²) in [7, 11) is 0. The van der Waals surface area contributed by atoms with E-state index in [-0.39, 0.29) is 18.1 Å². The SMILES string of the molecule is CCC1C(=O)NC(=O)CN1c1cncc(C(=O)O)n1. The maximum absolute atomic E-state index is 11.7. The molecule has 1 unspecified atom stereocenters. The van der Waals surface area contributed by atoms with Crippen LogP contribution in [0.25, 0.3) is 0 Å². The van der Waals surface area contributed by atoms with Gasteiger partial charge >= 0.3 is 5.97 Å². The van der Waals surface area contributed by atoms with E-state index in [0.29, 0.717) is 6.42 Å². The summed E-state index contributed by atoms with van der Waals surface area (Å²) in [6.45, 7) is 1.74. The molecule has 8 nitrogen and oxygen atoms in total. The van der Waals surface area contributed by atoms with Crippen molar-refractivity contribution in [3.63, 3.8) is 0 Å². The lowest BCUT2D eigenvalue weighted by molar-refractivity contribution is -0.132. The van der Waals surface area contributed by atoms with Crippen molar-refractivity contribution >= 4 is 23.6 Å². The second kappa shape index (κ2) is 5.01. The number of hydrogen-bond acceptors (Lipinski definition) is 6. The van der Waals surface area contributed by atoms with Crippen LogP contribution in [0.2, 0.25) is 0 Å². The standard InChI is InChI=1S/C11H12N4O4/c1-2-7-10(17)14-9(16)5-15(7)8-4-12-3-6(13-8)11(18)19/h3-4,7H,2,5H2,1H3,(H,18,19)(H,14,16,17). The first-order chi connectivity index (χ1) is 9.02. The molecule has 1 aliphatic heterocycles. The number of carbonyl (C=O) groups excluding carboxylic acids is 2. The second-order valence-corrected chi connectivity index (χ2v) is 4.03. The molecule has 2 heterocycles. The van der Waals surface area contributed by atoms with Crippen molar-refractivity contribution in [1.82, 2.24) is 15.3 Å². The minimum atomic E-state index is -1.21. The Morgan fingerprint density at radius 2 is 2.26 bits per heavy atom. The first kappa shape index (κ1) is 12.9. The van der Waals surface area contributed by atoms with Gasteiger partial charge in [-0.15, -0.1) is 0 Å². The largest absolute Gasteiger partial charge is 0.476 e. The zero-order chi connectivity index (χ0) is 14.0. The number of nitrogens with zero attached hydrogens (tertiary/aromatic N) is 3. The number of nitrogens with one attached hydrogen (secondary N) is 1. The molecule has 1 saturated heterocycles. The highest BCUT2D eigenvalue weighted by molar-refractivity contribution is 6.04. The van der Waals surface area contributed by atoms with Crippen molar-refractivity contribution in [1.29, 1.82) is 0 Å². The molecule has 2 amide bonds. The van der Waals surface area contributed by atoms with Gasteiger partial charge in [0.05, 0.1) is 18.9 Å². The lowest BCUT2D eigenvalue weighted by Crippen LogP contribution is -2.58. The molecule has 8 heteroatoms. The van der Waals surface area contributed by atoms with Crippen molar-refractivity contribution in [2.75, 3.05) is 11.4 Å². The van der Waals surface area contributed by atoms with Crippen molar-refractivity contribution in [2.24, 2.45) is 0 Å². The molecular formula is C11H12N4O4. The van der Waals surface area contributed by atoms with Gasteiger partial charge in [0.15, 0.2) is 5.69 Å². The molecular weight excluding hydrogens is 252 g/mol. The maximum atomic E-state index is 11.7. The van der Waals surface area contributed by atoms with E-state index in [1.54, 1.807) is 6.92 Å². The highest BCUT2D eigenvalue weighted by atomic mass is 16.4. The number of hydrogen-bond donors (Lipinski definition) is 2. The Balaban J connectivity index is 2.37. The fourth-order valence-corrected chi connectivity index (χ4v) is 1.91. The number of aromatic carboxylic acids is 1. The van der Waals surface area contributed by atoms with E-state index < -0.39 is 23.8 Å². The first-order valence-corrected chi connectivity index (χ1v) is 5.68. The van der Waals surface area contributed by atoms with E-state index >= 15 is 0 Å². The van der Waals surface area contributed by atoms with Gasteiger partial charge in [0.2, 0.25) is 11.8 Å². The van der Waals surface area contributed by atoms with E-state index in [4.69, 9.17) is 5.11 Å². The molecule has 1 aromatic heterocycles. The summed E-state index contributed by atoms with van der Waals surface area (Å²) in [5.74, 6) is -1.87. The minimum absolute atomic E-state index is 0.0536. The van der Waals surface area contributed by atoms with Crippen LogP contribution in [-0.4, -0.2) is 45.4 Å². The molecule has 0 aliphatic carbocycles. The van der Waals surface area contributed by atoms with Crippen LogP contribution >= 0.6 is 0 Å². The van der Waals surface area contributed by atoms with Crippen LogP contribution in [-0.2, 0) is 9.59 Å². The van der Waals surface area contributed by atoms with E-state index in [0.717, 1.165) is 6.20 Å². The zero-order valence-corrected chi connectivity index (χ0v) is 10.2. The minimum Gasteiger partial charge on any atom is -0.476 e. The predicted molar refractivity (Wildman–Crippen MR) is 63.6 cm³/mol. The summed E-state index contributed by atoms with van der Waals surface area (Å²) < 4.78 is 0. The zero-order valence-electron chi connectivity index (χ0n) is 10.2. The Hall–Kier alpha value is -2.51. The van der Waals surface area contributed by atoms with Crippen LogP contribution in [0, 0.1) is 0 Å². The number of imide groups is 1. The van der Waals surface area contributed by atoms with Crippen LogP contribution in [0.15, 0.2) is 12.4 Å². The second-order valence-electron chi connectivity index (χ2n) is 4.03. The van der Waals surface area contributed by atoms with Gasteiger partial charge in [-0.3, -0.25) is 19.9 Å². The predicted octanol–water partition coefficient (Wildman–Crippen LogP) is -0.584. The van der Waals surface area contributed by atoms with E-state index in [2.05, 4.69) is 15.3 Å². The van der Waals surface area contributed by atoms with Crippen molar-refractivity contribution in [3.05, 3.63) is 18.1 Å². The van der Waals surface area contributed by atoms with Gasteiger partial charge in [-0.25, -0.2) is 9.78 Å². The highest BCUT2D eigenvalue weighted by Gasteiger charge is 2.33. The van der Waals surface area contributed by atoms with Crippen LogP contribution in [0.4, 0.5) is 5.82 Å². The summed E-state index contributed by atoms with van der Waals surface area (Å²) in [6, 6.07) is -0.559. The highest BCUT2D eigenvalue weighted by Crippen LogP contribution is 2.18. The van der Waals surface area contributed by atoms with E-state index in [9.17, 15) is 14.4 Å². The molecule has 2 rings (SSSR count). The first-order valence-electron chi connectivity index (χ1n) is 5.68. The lowest BCUT2D eigenvalue weighted by atomic mass is 10.1. The van der Waals surface area contributed by atoms with Gasteiger partial charge in [-0.05, 0) is 6.42 Å². The summed E-state index contributed by atoms with van der Waals surface area (Å²) in [6.07, 6.45) is 2.91. The Labute approximate surface area is 108 Å². The summed E-state index contributed by atoms with van der Waals surface area (Å²) >= 11 is 0. The van der Waals surface area contributed by atoms with E-state index in [1.165, 1.54) is 11.1 Å². The van der Waals surface area contributed by atoms with Gasteiger partial charge < -0.3 is 10.0 Å². The number of carboxylic acid groups (broad SMARTS) is 1. The topological polar surface area (TPSA) is 112 Å². The molecule has 0 saturated carbocycles. The number of carboxylic acids is 1. The monoisotopic (exact) mass is 264 g/mol. The Bertz CT molecular complexity index is 545. The van der Waals surface area contributed by atoms with Crippen molar-refractivity contribution in [2.45, 2.75) is 19.4 Å². The summed E-state index contributed by atoms with van der Waals surface area (Å²) in [5, 5.41) is 11.1. The molecule has 1 aromatic rings. The third-order valence-corrected chi connectivity index (χ3v) is 2.78. The smallest absolute Gasteiger partial charge is 0.356 e. The molecule has 0 radical (unpaired) electrons. The van der Waals surface area contributed by atoms with Crippen LogP contribution in [0.1, 0.15) is 23.8 Å². The van der Waals surface area contributed by atoms with Crippen LogP contribution < -0.4 is 10.2 Å². The number of carbonyl (C=O) groups is 3. The fourth-order valence-electron chi connectivity index (χ4n) is 1.91. The Morgan fingerprint density at radius 3 is 2.89 bits per heavy atom. The molecule has 2 N–H and O–H groups in total. The normalized spacial score (nSPS) is 19.2. The Kier molecular flexibility index (Phi) is 3.41. The molecule has 19 heavy (non-hydrogen) atoms. The van der Waals surface area contributed by atoms with Crippen LogP contribution in [0.3, 0.4) is 0 Å². The third-order valence-electron chi connectivity index (χ3n) is 2.78. The molecule has 1 fully saturated rings. The fraction of sp³-hybridized carbons (Fsp3) is 0.364.